The van der Waals surface area contributed by atoms with Crippen molar-refractivity contribution in [2.45, 2.75) is 6.92 Å². The average Bonchev–Trinajstić information content (AvgIpc) is 2.14. The molecule has 0 aliphatic carbocycles. The molecule has 2 nitrogen and oxygen atoms in total. The largest absolute Gasteiger partial charge is 0.379 e. The van der Waals surface area contributed by atoms with Gasteiger partial charge in [-0.05, 0) is 6.92 Å². The lowest BCUT2D eigenvalue weighted by atomic mass is 10.4. The molecule has 0 bridgehead atoms. The lowest BCUT2D eigenvalue weighted by molar-refractivity contribution is 0.966. The van der Waals surface area contributed by atoms with Crippen molar-refractivity contribution in [3.63, 3.8) is 0 Å². The molecular formula is C5H10N2S. The van der Waals surface area contributed by atoms with Gasteiger partial charge in [0, 0.05) is 17.1 Å². The Hall–Kier alpha value is -0.150. The summed E-state index contributed by atoms with van der Waals surface area (Å²) in [7, 11) is 0. The first-order chi connectivity index (χ1) is 3.84. The highest BCUT2D eigenvalue weighted by Crippen LogP contribution is 2.21. The second-order valence-corrected chi connectivity index (χ2v) is 2.79. The fourth-order valence-corrected chi connectivity index (χ4v) is 1.52. The third kappa shape index (κ3) is 0.980. The van der Waals surface area contributed by atoms with Gasteiger partial charge in [-0.1, -0.05) is 0 Å². The molecule has 0 unspecified atom stereocenters. The average molecular weight is 130 g/mol. The molecule has 0 spiro atoms. The number of hydrogen-bond donors (Lipinski definition) is 2. The molecule has 0 aromatic rings. The van der Waals surface area contributed by atoms with Gasteiger partial charge >= 0.3 is 0 Å². The van der Waals surface area contributed by atoms with E-state index in [9.17, 15) is 0 Å². The van der Waals surface area contributed by atoms with Crippen molar-refractivity contribution in [3.05, 3.63) is 10.6 Å². The highest BCUT2D eigenvalue weighted by molar-refractivity contribution is 8.03. The minimum Gasteiger partial charge on any atom is -0.379 e. The summed E-state index contributed by atoms with van der Waals surface area (Å²) < 4.78 is 0. The molecule has 1 heterocycles. The molecule has 3 heteroatoms. The van der Waals surface area contributed by atoms with Gasteiger partial charge in [-0.2, -0.15) is 0 Å². The van der Waals surface area contributed by atoms with Gasteiger partial charge in [0.15, 0.2) is 0 Å². The van der Waals surface area contributed by atoms with E-state index < -0.39 is 0 Å². The number of allylic oxidation sites excluding steroid dienone is 1. The summed E-state index contributed by atoms with van der Waals surface area (Å²) in [5.74, 6) is 0.998. The molecule has 1 aliphatic rings. The predicted octanol–water partition coefficient (Wildman–Crippen LogP) is 0.471. The minimum absolute atomic E-state index is 0.684. The van der Waals surface area contributed by atoms with Gasteiger partial charge in [-0.25, -0.2) is 0 Å². The van der Waals surface area contributed by atoms with Crippen LogP contribution in [0.15, 0.2) is 10.6 Å². The van der Waals surface area contributed by atoms with Gasteiger partial charge in [0.05, 0.1) is 5.88 Å². The van der Waals surface area contributed by atoms with Crippen LogP contribution in [0.5, 0.6) is 0 Å². The molecule has 1 rings (SSSR count). The summed E-state index contributed by atoms with van der Waals surface area (Å²) in [5, 5.41) is 3.18. The first kappa shape index (κ1) is 5.98. The normalized spacial score (nSPS) is 19.2. The topological polar surface area (TPSA) is 38.0 Å². The van der Waals surface area contributed by atoms with Gasteiger partial charge in [0.1, 0.15) is 0 Å². The van der Waals surface area contributed by atoms with Crippen LogP contribution < -0.4 is 11.1 Å². The van der Waals surface area contributed by atoms with E-state index >= 15 is 0 Å². The highest BCUT2D eigenvalue weighted by atomic mass is 32.2. The molecule has 0 amide bonds. The van der Waals surface area contributed by atoms with E-state index in [1.54, 1.807) is 11.8 Å². The first-order valence-electron chi connectivity index (χ1n) is 2.61. The van der Waals surface area contributed by atoms with Gasteiger partial charge < -0.3 is 11.1 Å². The Balaban J connectivity index is 2.58. The summed E-state index contributed by atoms with van der Waals surface area (Å²) in [5.41, 5.74) is 6.65. The van der Waals surface area contributed by atoms with Gasteiger partial charge in [-0.15, -0.1) is 11.8 Å². The van der Waals surface area contributed by atoms with Crippen molar-refractivity contribution < 1.29 is 0 Å². The van der Waals surface area contributed by atoms with Gasteiger partial charge in [-0.3, -0.25) is 0 Å². The van der Waals surface area contributed by atoms with E-state index in [2.05, 4.69) is 12.2 Å². The van der Waals surface area contributed by atoms with Crippen LogP contribution in [-0.2, 0) is 0 Å². The van der Waals surface area contributed by atoms with Crippen molar-refractivity contribution in [2.75, 3.05) is 12.4 Å². The Morgan fingerprint density at radius 3 is 2.88 bits per heavy atom. The number of nitrogens with two attached hydrogens (primary N) is 1. The van der Waals surface area contributed by atoms with Crippen LogP contribution in [0.3, 0.4) is 0 Å². The molecule has 0 fully saturated rings. The van der Waals surface area contributed by atoms with Crippen LogP contribution >= 0.6 is 11.8 Å². The molecule has 0 aromatic carbocycles. The summed E-state index contributed by atoms with van der Waals surface area (Å²) in [6, 6.07) is 0. The predicted molar refractivity (Wildman–Crippen MR) is 37.3 cm³/mol. The van der Waals surface area contributed by atoms with Crippen LogP contribution in [0.1, 0.15) is 6.92 Å². The maximum absolute atomic E-state index is 5.41. The highest BCUT2D eigenvalue weighted by Gasteiger charge is 2.06. The SMILES string of the molecule is CC1=C(CN)SCN1. The molecule has 0 saturated carbocycles. The lowest BCUT2D eigenvalue weighted by Crippen LogP contribution is -2.04. The summed E-state index contributed by atoms with van der Waals surface area (Å²) in [6.45, 7) is 2.74. The molecule has 1 aliphatic heterocycles. The molecule has 46 valence electrons. The molecule has 0 saturated heterocycles. The summed E-state index contributed by atoms with van der Waals surface area (Å²) in [4.78, 5) is 1.30. The molecule has 8 heavy (non-hydrogen) atoms. The third-order valence-corrected chi connectivity index (χ3v) is 2.30. The Kier molecular flexibility index (Phi) is 1.81. The molecule has 3 N–H and O–H groups in total. The fourth-order valence-electron chi connectivity index (χ4n) is 0.650. The van der Waals surface area contributed by atoms with Gasteiger partial charge in [0.25, 0.3) is 0 Å². The van der Waals surface area contributed by atoms with E-state index in [1.165, 1.54) is 10.6 Å². The number of rotatable bonds is 1. The zero-order valence-electron chi connectivity index (χ0n) is 4.90. The molecule has 0 aromatic heterocycles. The quantitative estimate of drug-likeness (QED) is 0.542. The summed E-state index contributed by atoms with van der Waals surface area (Å²) >= 11 is 1.79. The monoisotopic (exact) mass is 130 g/mol. The van der Waals surface area contributed by atoms with Crippen molar-refractivity contribution >= 4 is 11.8 Å². The smallest absolute Gasteiger partial charge is 0.0652 e. The minimum atomic E-state index is 0.684. The van der Waals surface area contributed by atoms with Crippen LogP contribution in [0.4, 0.5) is 0 Å². The zero-order valence-corrected chi connectivity index (χ0v) is 5.72. The van der Waals surface area contributed by atoms with Crippen LogP contribution in [0, 0.1) is 0 Å². The summed E-state index contributed by atoms with van der Waals surface area (Å²) in [6.07, 6.45) is 0. The molecular weight excluding hydrogens is 120 g/mol. The second-order valence-electron chi connectivity index (χ2n) is 1.72. The second kappa shape index (κ2) is 2.42. The zero-order chi connectivity index (χ0) is 5.98. The van der Waals surface area contributed by atoms with E-state index in [1.807, 2.05) is 0 Å². The van der Waals surface area contributed by atoms with Crippen LogP contribution in [0.2, 0.25) is 0 Å². The van der Waals surface area contributed by atoms with Crippen molar-refractivity contribution in [3.8, 4) is 0 Å². The molecule has 0 radical (unpaired) electrons. The first-order valence-corrected chi connectivity index (χ1v) is 3.59. The van der Waals surface area contributed by atoms with Crippen LogP contribution in [-0.4, -0.2) is 12.4 Å². The Morgan fingerprint density at radius 2 is 2.62 bits per heavy atom. The maximum Gasteiger partial charge on any atom is 0.0652 e. The van der Waals surface area contributed by atoms with Crippen molar-refractivity contribution in [1.82, 2.24) is 5.32 Å². The number of thioether (sulfide) groups is 1. The molecule has 0 atom stereocenters. The Morgan fingerprint density at radius 1 is 1.88 bits per heavy atom. The van der Waals surface area contributed by atoms with E-state index in [0.717, 1.165) is 5.88 Å². The number of nitrogens with one attached hydrogen (secondary N) is 1. The lowest BCUT2D eigenvalue weighted by Gasteiger charge is -1.93. The van der Waals surface area contributed by atoms with E-state index in [-0.39, 0.29) is 0 Å². The van der Waals surface area contributed by atoms with Crippen molar-refractivity contribution in [1.29, 1.82) is 0 Å². The van der Waals surface area contributed by atoms with E-state index in [4.69, 9.17) is 5.73 Å². The fraction of sp³-hybridized carbons (Fsp3) is 0.600. The van der Waals surface area contributed by atoms with Crippen molar-refractivity contribution in [2.24, 2.45) is 5.73 Å². The van der Waals surface area contributed by atoms with E-state index in [0.29, 0.717) is 6.54 Å². The standard InChI is InChI=1S/C5H10N2S/c1-4-5(2-6)8-3-7-4/h7H,2-3,6H2,1H3. The maximum atomic E-state index is 5.41. The van der Waals surface area contributed by atoms with Crippen LogP contribution in [0.25, 0.3) is 0 Å². The third-order valence-electron chi connectivity index (χ3n) is 1.19. The van der Waals surface area contributed by atoms with Gasteiger partial charge in [0.2, 0.25) is 0 Å². The number of hydrogen-bond acceptors (Lipinski definition) is 3. The Labute approximate surface area is 53.5 Å². The Bertz CT molecular complexity index is 120.